The Labute approximate surface area is 118 Å². The smallest absolute Gasteiger partial charge is 0.229 e. The lowest BCUT2D eigenvalue weighted by molar-refractivity contribution is -0.147. The summed E-state index contributed by atoms with van der Waals surface area (Å²) in [7, 11) is 4.16. The molecule has 2 aliphatic heterocycles. The van der Waals surface area contributed by atoms with E-state index in [0.717, 1.165) is 19.3 Å². The van der Waals surface area contributed by atoms with Crippen LogP contribution in [0.3, 0.4) is 0 Å². The molecule has 2 aliphatic rings. The first-order chi connectivity index (χ1) is 8.34. The standard InChI is InChI=1S/C16H30N2O/c1-13(2)9-16(12(19)17(13)7)10-14(3,4)18(8)15(5,6)11-16/h9-11H2,1-8H3. The highest BCUT2D eigenvalue weighted by Gasteiger charge is 2.61. The number of nitrogens with zero attached hydrogens (tertiary/aromatic N) is 2. The van der Waals surface area contributed by atoms with E-state index < -0.39 is 0 Å². The Bertz CT molecular complexity index is 391. The van der Waals surface area contributed by atoms with Gasteiger partial charge in [0.15, 0.2) is 0 Å². The van der Waals surface area contributed by atoms with Crippen molar-refractivity contribution in [3.8, 4) is 0 Å². The number of carbonyl (C=O) groups is 1. The summed E-state index contributed by atoms with van der Waals surface area (Å²) in [5.41, 5.74) is -0.0474. The van der Waals surface area contributed by atoms with E-state index in [4.69, 9.17) is 0 Å². The van der Waals surface area contributed by atoms with Crippen molar-refractivity contribution < 1.29 is 4.79 Å². The van der Waals surface area contributed by atoms with Crippen molar-refractivity contribution in [2.24, 2.45) is 5.41 Å². The lowest BCUT2D eigenvalue weighted by Crippen LogP contribution is -2.62. The molecule has 0 aromatic rings. The van der Waals surface area contributed by atoms with Crippen molar-refractivity contribution in [1.29, 1.82) is 0 Å². The van der Waals surface area contributed by atoms with E-state index in [-0.39, 0.29) is 22.0 Å². The third kappa shape index (κ3) is 2.01. The van der Waals surface area contributed by atoms with Crippen LogP contribution in [-0.4, -0.2) is 46.4 Å². The van der Waals surface area contributed by atoms with Crippen LogP contribution in [-0.2, 0) is 4.79 Å². The van der Waals surface area contributed by atoms with Gasteiger partial charge in [-0.2, -0.15) is 0 Å². The highest BCUT2D eigenvalue weighted by Crippen LogP contribution is 2.55. The number of carbonyl (C=O) groups excluding carboxylic acids is 1. The fourth-order valence-corrected chi connectivity index (χ4v) is 4.70. The molecule has 2 fully saturated rings. The Kier molecular flexibility index (Phi) is 2.93. The van der Waals surface area contributed by atoms with Crippen molar-refractivity contribution in [3.05, 3.63) is 0 Å². The summed E-state index contributed by atoms with van der Waals surface area (Å²) in [5.74, 6) is 0.353. The Hall–Kier alpha value is -0.570. The van der Waals surface area contributed by atoms with Crippen molar-refractivity contribution in [3.63, 3.8) is 0 Å². The second kappa shape index (κ2) is 3.75. The molecule has 2 rings (SSSR count). The predicted molar refractivity (Wildman–Crippen MR) is 79.1 cm³/mol. The van der Waals surface area contributed by atoms with E-state index in [0.29, 0.717) is 5.91 Å². The van der Waals surface area contributed by atoms with Gasteiger partial charge in [-0.25, -0.2) is 0 Å². The minimum atomic E-state index is -0.169. The van der Waals surface area contributed by atoms with E-state index in [1.165, 1.54) is 0 Å². The largest absolute Gasteiger partial charge is 0.340 e. The second-order valence-electron chi connectivity index (χ2n) is 8.67. The fourth-order valence-electron chi connectivity index (χ4n) is 4.70. The molecule has 19 heavy (non-hydrogen) atoms. The quantitative estimate of drug-likeness (QED) is 0.673. The maximum atomic E-state index is 12.9. The van der Waals surface area contributed by atoms with Crippen LogP contribution < -0.4 is 0 Å². The number of amides is 1. The summed E-state index contributed by atoms with van der Waals surface area (Å²) in [4.78, 5) is 17.3. The molecule has 0 unspecified atom stereocenters. The summed E-state index contributed by atoms with van der Waals surface area (Å²) >= 11 is 0. The first-order valence-electron chi connectivity index (χ1n) is 7.36. The molecule has 3 nitrogen and oxygen atoms in total. The molecule has 110 valence electrons. The van der Waals surface area contributed by atoms with Gasteiger partial charge in [0.1, 0.15) is 0 Å². The van der Waals surface area contributed by atoms with E-state index in [1.54, 1.807) is 0 Å². The van der Waals surface area contributed by atoms with Gasteiger partial charge in [0.05, 0.1) is 5.41 Å². The van der Waals surface area contributed by atoms with E-state index in [9.17, 15) is 4.79 Å². The molecule has 3 heteroatoms. The molecule has 0 radical (unpaired) electrons. The number of piperidine rings is 1. The van der Waals surface area contributed by atoms with Crippen LogP contribution in [0.25, 0.3) is 0 Å². The predicted octanol–water partition coefficient (Wildman–Crippen LogP) is 2.90. The van der Waals surface area contributed by atoms with Gasteiger partial charge in [-0.15, -0.1) is 0 Å². The first-order valence-corrected chi connectivity index (χ1v) is 7.36. The molecular formula is C16H30N2O. The molecule has 0 N–H and O–H groups in total. The number of hydrogen-bond donors (Lipinski definition) is 0. The summed E-state index contributed by atoms with van der Waals surface area (Å²) in [6.45, 7) is 13.5. The molecular weight excluding hydrogens is 236 g/mol. The Balaban J connectivity index is 2.44. The normalized spacial score (nSPS) is 32.0. The van der Waals surface area contributed by atoms with Gasteiger partial charge < -0.3 is 4.90 Å². The fraction of sp³-hybridized carbons (Fsp3) is 0.938. The third-order valence-corrected chi connectivity index (χ3v) is 5.80. The SMILES string of the molecule is CN1C(=O)C2(CC1(C)C)CC(C)(C)N(C)C(C)(C)C2. The molecule has 0 aromatic carbocycles. The van der Waals surface area contributed by atoms with E-state index in [1.807, 2.05) is 11.9 Å². The molecule has 0 atom stereocenters. The second-order valence-corrected chi connectivity index (χ2v) is 8.67. The van der Waals surface area contributed by atoms with Gasteiger partial charge in [-0.05, 0) is 67.9 Å². The van der Waals surface area contributed by atoms with Crippen molar-refractivity contribution >= 4 is 5.91 Å². The zero-order valence-corrected chi connectivity index (χ0v) is 13.9. The molecule has 1 spiro atoms. The van der Waals surface area contributed by atoms with Crippen molar-refractivity contribution in [2.75, 3.05) is 14.1 Å². The van der Waals surface area contributed by atoms with Gasteiger partial charge in [-0.1, -0.05) is 0 Å². The van der Waals surface area contributed by atoms with E-state index >= 15 is 0 Å². The maximum absolute atomic E-state index is 12.9. The lowest BCUT2D eigenvalue weighted by atomic mass is 9.62. The number of likely N-dealkylation sites (tertiary alicyclic amines) is 2. The minimum absolute atomic E-state index is 0.0147. The van der Waals surface area contributed by atoms with Crippen LogP contribution in [0.2, 0.25) is 0 Å². The van der Waals surface area contributed by atoms with Gasteiger partial charge >= 0.3 is 0 Å². The minimum Gasteiger partial charge on any atom is -0.340 e. The van der Waals surface area contributed by atoms with E-state index in [2.05, 4.69) is 53.5 Å². The Morgan fingerprint density at radius 1 is 0.789 bits per heavy atom. The van der Waals surface area contributed by atoms with Gasteiger partial charge in [0.2, 0.25) is 5.91 Å². The Morgan fingerprint density at radius 3 is 1.47 bits per heavy atom. The van der Waals surface area contributed by atoms with Crippen molar-refractivity contribution in [2.45, 2.75) is 77.4 Å². The zero-order chi connectivity index (χ0) is 14.9. The van der Waals surface area contributed by atoms with Crippen molar-refractivity contribution in [1.82, 2.24) is 9.80 Å². The first kappa shape index (κ1) is 14.8. The van der Waals surface area contributed by atoms with Gasteiger partial charge in [-0.3, -0.25) is 9.69 Å². The summed E-state index contributed by atoms with van der Waals surface area (Å²) in [5, 5.41) is 0. The summed E-state index contributed by atoms with van der Waals surface area (Å²) in [6.07, 6.45) is 2.91. The van der Waals surface area contributed by atoms with Crippen LogP contribution in [0.4, 0.5) is 0 Å². The Morgan fingerprint density at radius 2 is 1.16 bits per heavy atom. The summed E-state index contributed by atoms with van der Waals surface area (Å²) in [6, 6.07) is 0. The van der Waals surface area contributed by atoms with Gasteiger partial charge in [0, 0.05) is 23.7 Å². The van der Waals surface area contributed by atoms with Crippen LogP contribution in [0.15, 0.2) is 0 Å². The highest BCUT2D eigenvalue weighted by atomic mass is 16.2. The molecule has 0 aromatic heterocycles. The topological polar surface area (TPSA) is 23.6 Å². The monoisotopic (exact) mass is 266 g/mol. The molecule has 2 heterocycles. The number of hydrogen-bond acceptors (Lipinski definition) is 2. The zero-order valence-electron chi connectivity index (χ0n) is 13.9. The van der Waals surface area contributed by atoms with Crippen LogP contribution in [0.5, 0.6) is 0 Å². The molecule has 0 saturated carbocycles. The lowest BCUT2D eigenvalue weighted by Gasteiger charge is -2.56. The van der Waals surface area contributed by atoms with Crippen LogP contribution >= 0.6 is 0 Å². The number of rotatable bonds is 0. The van der Waals surface area contributed by atoms with Crippen LogP contribution in [0, 0.1) is 5.41 Å². The highest BCUT2D eigenvalue weighted by molar-refractivity contribution is 5.86. The third-order valence-electron chi connectivity index (χ3n) is 5.80. The average Bonchev–Trinajstić information content (AvgIpc) is 2.35. The summed E-state index contributed by atoms with van der Waals surface area (Å²) < 4.78 is 0. The molecule has 2 saturated heterocycles. The van der Waals surface area contributed by atoms with Gasteiger partial charge in [0.25, 0.3) is 0 Å². The average molecular weight is 266 g/mol. The maximum Gasteiger partial charge on any atom is 0.229 e. The van der Waals surface area contributed by atoms with Crippen LogP contribution in [0.1, 0.15) is 60.8 Å². The molecule has 0 bridgehead atoms. The molecule has 1 amide bonds. The molecule has 0 aliphatic carbocycles.